The Kier molecular flexibility index (Phi) is 4.93. The smallest absolute Gasteiger partial charge is 0.150 e. The molecule has 1 saturated heterocycles. The van der Waals surface area contributed by atoms with Crippen LogP contribution in [0.4, 0.5) is 5.82 Å². The van der Waals surface area contributed by atoms with Gasteiger partial charge in [0.05, 0.1) is 5.69 Å². The third-order valence-corrected chi connectivity index (χ3v) is 3.53. The normalized spacial score (nSPS) is 19.8. The van der Waals surface area contributed by atoms with Crippen molar-refractivity contribution in [2.45, 2.75) is 33.1 Å². The number of rotatable bonds is 5. The maximum Gasteiger partial charge on any atom is 0.150 e. The number of nitrogens with one attached hydrogen (secondary N) is 1. The summed E-state index contributed by atoms with van der Waals surface area (Å²) in [5, 5.41) is 3.49. The molecule has 0 radical (unpaired) electrons. The Morgan fingerprint density at radius 3 is 2.89 bits per heavy atom. The monoisotopic (exact) mass is 248 g/mol. The summed E-state index contributed by atoms with van der Waals surface area (Å²) >= 11 is 0. The van der Waals surface area contributed by atoms with Gasteiger partial charge in [0.2, 0.25) is 0 Å². The molecular formula is C14H24N4. The van der Waals surface area contributed by atoms with Gasteiger partial charge in [-0.05, 0) is 45.2 Å². The second-order valence-electron chi connectivity index (χ2n) is 5.12. The van der Waals surface area contributed by atoms with Gasteiger partial charge in [-0.2, -0.15) is 0 Å². The summed E-state index contributed by atoms with van der Waals surface area (Å²) in [6.45, 7) is 8.74. The quantitative estimate of drug-likeness (QED) is 0.865. The highest BCUT2D eigenvalue weighted by atomic mass is 15.2. The number of aryl methyl sites for hydroxylation is 1. The van der Waals surface area contributed by atoms with Gasteiger partial charge in [-0.25, -0.2) is 4.98 Å². The molecule has 0 amide bonds. The van der Waals surface area contributed by atoms with Crippen LogP contribution >= 0.6 is 0 Å². The predicted molar refractivity (Wildman–Crippen MR) is 74.9 cm³/mol. The fourth-order valence-electron chi connectivity index (χ4n) is 2.66. The van der Waals surface area contributed by atoms with E-state index in [-0.39, 0.29) is 0 Å². The van der Waals surface area contributed by atoms with Crippen LogP contribution in [0.5, 0.6) is 0 Å². The van der Waals surface area contributed by atoms with Gasteiger partial charge in [0.15, 0.2) is 0 Å². The summed E-state index contributed by atoms with van der Waals surface area (Å²) in [5.74, 6) is 1.80. The van der Waals surface area contributed by atoms with Crippen molar-refractivity contribution in [3.05, 3.63) is 18.1 Å². The molecule has 1 aliphatic heterocycles. The van der Waals surface area contributed by atoms with E-state index in [9.17, 15) is 0 Å². The zero-order chi connectivity index (χ0) is 12.8. The van der Waals surface area contributed by atoms with E-state index in [1.807, 2.05) is 6.92 Å². The fourth-order valence-corrected chi connectivity index (χ4v) is 2.66. The van der Waals surface area contributed by atoms with Crippen molar-refractivity contribution < 1.29 is 0 Å². The Morgan fingerprint density at radius 2 is 2.22 bits per heavy atom. The van der Waals surface area contributed by atoms with E-state index in [4.69, 9.17) is 0 Å². The number of piperidine rings is 1. The van der Waals surface area contributed by atoms with Crippen LogP contribution in [0.15, 0.2) is 12.4 Å². The van der Waals surface area contributed by atoms with E-state index in [2.05, 4.69) is 27.1 Å². The zero-order valence-electron chi connectivity index (χ0n) is 11.5. The minimum Gasteiger partial charge on any atom is -0.355 e. The van der Waals surface area contributed by atoms with Gasteiger partial charge in [-0.1, -0.05) is 6.92 Å². The van der Waals surface area contributed by atoms with Crippen LogP contribution < -0.4 is 10.2 Å². The molecule has 1 atom stereocenters. The Bertz CT molecular complexity index is 361. The summed E-state index contributed by atoms with van der Waals surface area (Å²) in [6, 6.07) is 0. The maximum absolute atomic E-state index is 4.51. The van der Waals surface area contributed by atoms with E-state index >= 15 is 0 Å². The van der Waals surface area contributed by atoms with Crippen molar-refractivity contribution in [2.75, 3.05) is 31.1 Å². The van der Waals surface area contributed by atoms with E-state index in [0.29, 0.717) is 0 Å². The molecule has 2 heterocycles. The highest BCUT2D eigenvalue weighted by Crippen LogP contribution is 2.19. The maximum atomic E-state index is 4.51. The first-order chi connectivity index (χ1) is 8.81. The topological polar surface area (TPSA) is 41.0 Å². The number of anilines is 1. The standard InChI is InChI=1S/C14H24N4/c1-3-9-18(11-13-5-4-6-15-10-13)14-12(2)16-7-8-17-14/h7-8,13,15H,3-6,9-11H2,1-2H3. The second kappa shape index (κ2) is 6.69. The van der Waals surface area contributed by atoms with Gasteiger partial charge in [-0.15, -0.1) is 0 Å². The number of hydrogen-bond donors (Lipinski definition) is 1. The predicted octanol–water partition coefficient (Wildman–Crippen LogP) is 2.00. The van der Waals surface area contributed by atoms with Crippen molar-refractivity contribution in [3.8, 4) is 0 Å². The Hall–Kier alpha value is -1.16. The van der Waals surface area contributed by atoms with Crippen molar-refractivity contribution in [3.63, 3.8) is 0 Å². The summed E-state index contributed by atoms with van der Waals surface area (Å²) < 4.78 is 0. The minimum absolute atomic E-state index is 0.742. The van der Waals surface area contributed by atoms with Crippen molar-refractivity contribution in [1.82, 2.24) is 15.3 Å². The lowest BCUT2D eigenvalue weighted by atomic mass is 9.99. The molecule has 1 aromatic rings. The number of nitrogens with zero attached hydrogens (tertiary/aromatic N) is 3. The van der Waals surface area contributed by atoms with Crippen LogP contribution in [0.3, 0.4) is 0 Å². The molecule has 1 aromatic heterocycles. The zero-order valence-corrected chi connectivity index (χ0v) is 11.5. The highest BCUT2D eigenvalue weighted by molar-refractivity contribution is 5.42. The van der Waals surface area contributed by atoms with Crippen LogP contribution in [-0.4, -0.2) is 36.1 Å². The molecule has 1 unspecified atom stereocenters. The van der Waals surface area contributed by atoms with Gasteiger partial charge in [0.1, 0.15) is 5.82 Å². The van der Waals surface area contributed by atoms with Gasteiger partial charge in [-0.3, -0.25) is 4.98 Å². The highest BCUT2D eigenvalue weighted by Gasteiger charge is 2.18. The molecule has 0 bridgehead atoms. The fraction of sp³-hybridized carbons (Fsp3) is 0.714. The molecule has 100 valence electrons. The van der Waals surface area contributed by atoms with E-state index in [1.165, 1.54) is 19.4 Å². The Balaban J connectivity index is 2.05. The van der Waals surface area contributed by atoms with Crippen LogP contribution in [0, 0.1) is 12.8 Å². The van der Waals surface area contributed by atoms with Gasteiger partial charge < -0.3 is 10.2 Å². The first kappa shape index (κ1) is 13.3. The van der Waals surface area contributed by atoms with Crippen LogP contribution in [0.25, 0.3) is 0 Å². The number of hydrogen-bond acceptors (Lipinski definition) is 4. The molecule has 1 aliphatic rings. The first-order valence-electron chi connectivity index (χ1n) is 7.04. The molecule has 4 nitrogen and oxygen atoms in total. The van der Waals surface area contributed by atoms with Crippen LogP contribution in [-0.2, 0) is 0 Å². The van der Waals surface area contributed by atoms with Crippen molar-refractivity contribution in [2.24, 2.45) is 5.92 Å². The third-order valence-electron chi connectivity index (χ3n) is 3.53. The van der Waals surface area contributed by atoms with Crippen molar-refractivity contribution >= 4 is 5.82 Å². The third kappa shape index (κ3) is 3.42. The van der Waals surface area contributed by atoms with Gasteiger partial charge in [0.25, 0.3) is 0 Å². The molecule has 18 heavy (non-hydrogen) atoms. The summed E-state index contributed by atoms with van der Waals surface area (Å²) in [4.78, 5) is 11.3. The molecule has 0 spiro atoms. The largest absolute Gasteiger partial charge is 0.355 e. The average Bonchev–Trinajstić information content (AvgIpc) is 2.40. The lowest BCUT2D eigenvalue weighted by Crippen LogP contribution is -2.39. The summed E-state index contributed by atoms with van der Waals surface area (Å²) in [6.07, 6.45) is 7.34. The lowest BCUT2D eigenvalue weighted by Gasteiger charge is -2.31. The molecular weight excluding hydrogens is 224 g/mol. The summed E-state index contributed by atoms with van der Waals surface area (Å²) in [5.41, 5.74) is 1.04. The molecule has 4 heteroatoms. The first-order valence-corrected chi connectivity index (χ1v) is 7.04. The average molecular weight is 248 g/mol. The van der Waals surface area contributed by atoms with Gasteiger partial charge in [0, 0.05) is 25.5 Å². The van der Waals surface area contributed by atoms with Crippen molar-refractivity contribution in [1.29, 1.82) is 0 Å². The number of aromatic nitrogens is 2. The molecule has 2 rings (SSSR count). The SMILES string of the molecule is CCCN(CC1CCCNC1)c1nccnc1C. The molecule has 0 saturated carbocycles. The summed E-state index contributed by atoms with van der Waals surface area (Å²) in [7, 11) is 0. The lowest BCUT2D eigenvalue weighted by molar-refractivity contribution is 0.376. The van der Waals surface area contributed by atoms with Crippen LogP contribution in [0.1, 0.15) is 31.9 Å². The van der Waals surface area contributed by atoms with Crippen LogP contribution in [0.2, 0.25) is 0 Å². The molecule has 0 aromatic carbocycles. The molecule has 1 N–H and O–H groups in total. The van der Waals surface area contributed by atoms with E-state index < -0.39 is 0 Å². The molecule has 0 aliphatic carbocycles. The Morgan fingerprint density at radius 1 is 1.39 bits per heavy atom. The Labute approximate surface area is 110 Å². The second-order valence-corrected chi connectivity index (χ2v) is 5.12. The van der Waals surface area contributed by atoms with Gasteiger partial charge >= 0.3 is 0 Å². The minimum atomic E-state index is 0.742. The van der Waals surface area contributed by atoms with E-state index in [0.717, 1.165) is 43.5 Å². The molecule has 1 fully saturated rings. The van der Waals surface area contributed by atoms with E-state index in [1.54, 1.807) is 12.4 Å².